The number of rotatable bonds is 5. The Hall–Kier alpha value is -0.790. The lowest BCUT2D eigenvalue weighted by molar-refractivity contribution is -0.116. The Morgan fingerprint density at radius 2 is 1.83 bits per heavy atom. The molecule has 29 heavy (non-hydrogen) atoms. The minimum atomic E-state index is 0.152. The molecule has 7 atom stereocenters. The molecule has 4 rings (SSSR count). The number of nitrogens with one attached hydrogen (secondary N) is 1. The van der Waals surface area contributed by atoms with Crippen LogP contribution in [-0.4, -0.2) is 12.5 Å². The SMILES string of the molecule is CC(C)CCC[C@@H](C)[C@H]1CCC2C3CCC4=CC(=O)NCC[C@]4(C)C3CC[C@@]21C. The summed E-state index contributed by atoms with van der Waals surface area (Å²) in [6.45, 7) is 13.3. The van der Waals surface area contributed by atoms with Gasteiger partial charge in [0.05, 0.1) is 0 Å². The number of hydrogen-bond acceptors (Lipinski definition) is 1. The van der Waals surface area contributed by atoms with Gasteiger partial charge in [0, 0.05) is 12.6 Å². The first-order valence-electron chi connectivity index (χ1n) is 12.7. The van der Waals surface area contributed by atoms with Gasteiger partial charge >= 0.3 is 0 Å². The zero-order chi connectivity index (χ0) is 20.8. The van der Waals surface area contributed by atoms with Gasteiger partial charge in [-0.2, -0.15) is 0 Å². The summed E-state index contributed by atoms with van der Waals surface area (Å²) in [7, 11) is 0. The predicted molar refractivity (Wildman–Crippen MR) is 121 cm³/mol. The number of carbonyl (C=O) groups excluding carboxylic acids is 1. The largest absolute Gasteiger partial charge is 0.353 e. The Morgan fingerprint density at radius 1 is 1.03 bits per heavy atom. The van der Waals surface area contributed by atoms with Crippen LogP contribution in [0.1, 0.15) is 98.8 Å². The minimum absolute atomic E-state index is 0.152. The zero-order valence-corrected chi connectivity index (χ0v) is 19.7. The van der Waals surface area contributed by atoms with Crippen LogP contribution in [0.5, 0.6) is 0 Å². The van der Waals surface area contributed by atoms with Crippen LogP contribution in [0.2, 0.25) is 0 Å². The van der Waals surface area contributed by atoms with E-state index in [9.17, 15) is 4.79 Å². The summed E-state index contributed by atoms with van der Waals surface area (Å²) in [4.78, 5) is 12.1. The maximum absolute atomic E-state index is 12.1. The monoisotopic (exact) mass is 399 g/mol. The van der Waals surface area contributed by atoms with E-state index in [1.165, 1.54) is 56.9 Å². The van der Waals surface area contributed by atoms with E-state index in [0.29, 0.717) is 5.41 Å². The molecule has 1 N–H and O–H groups in total. The molecule has 0 spiro atoms. The Kier molecular flexibility index (Phi) is 5.95. The highest BCUT2D eigenvalue weighted by Crippen LogP contribution is 2.67. The molecule has 2 nitrogen and oxygen atoms in total. The predicted octanol–water partition coefficient (Wildman–Crippen LogP) is 6.75. The number of fused-ring (bicyclic) bond motifs is 5. The zero-order valence-electron chi connectivity index (χ0n) is 19.7. The molecule has 4 aliphatic rings. The number of amides is 1. The summed E-state index contributed by atoms with van der Waals surface area (Å²) in [5.74, 6) is 5.41. The second-order valence-electron chi connectivity index (χ2n) is 12.1. The van der Waals surface area contributed by atoms with Crippen LogP contribution >= 0.6 is 0 Å². The van der Waals surface area contributed by atoms with Crippen molar-refractivity contribution < 1.29 is 4.79 Å². The number of allylic oxidation sites excluding steroid dienone is 1. The Bertz CT molecular complexity index is 651. The van der Waals surface area contributed by atoms with E-state index < -0.39 is 0 Å². The summed E-state index contributed by atoms with van der Waals surface area (Å²) in [6.07, 6.45) is 15.6. The third kappa shape index (κ3) is 3.72. The molecule has 1 heterocycles. The lowest BCUT2D eigenvalue weighted by atomic mass is 9.47. The molecular weight excluding hydrogens is 354 g/mol. The fourth-order valence-corrected chi connectivity index (χ4v) is 8.59. The summed E-state index contributed by atoms with van der Waals surface area (Å²) < 4.78 is 0. The lowest BCUT2D eigenvalue weighted by Gasteiger charge is -2.57. The maximum atomic E-state index is 12.1. The van der Waals surface area contributed by atoms with Crippen LogP contribution < -0.4 is 5.32 Å². The van der Waals surface area contributed by atoms with Gasteiger partial charge < -0.3 is 5.32 Å². The molecule has 3 unspecified atom stereocenters. The molecule has 3 aliphatic carbocycles. The molecule has 0 aromatic carbocycles. The molecule has 0 saturated heterocycles. The molecular formula is C27H45NO. The van der Waals surface area contributed by atoms with Gasteiger partial charge in [-0.05, 0) is 91.3 Å². The van der Waals surface area contributed by atoms with E-state index in [1.54, 1.807) is 0 Å². The van der Waals surface area contributed by atoms with E-state index in [4.69, 9.17) is 0 Å². The molecule has 0 aromatic rings. The van der Waals surface area contributed by atoms with Gasteiger partial charge in [0.2, 0.25) is 5.91 Å². The van der Waals surface area contributed by atoms with Gasteiger partial charge in [-0.3, -0.25) is 4.79 Å². The molecule has 1 aliphatic heterocycles. The second-order valence-corrected chi connectivity index (χ2v) is 12.1. The van der Waals surface area contributed by atoms with Crippen LogP contribution in [0, 0.1) is 46.3 Å². The summed E-state index contributed by atoms with van der Waals surface area (Å²) in [5.41, 5.74) is 2.29. The van der Waals surface area contributed by atoms with Gasteiger partial charge in [0.1, 0.15) is 0 Å². The quantitative estimate of drug-likeness (QED) is 0.544. The third-order valence-electron chi connectivity index (χ3n) is 10.2. The van der Waals surface area contributed by atoms with E-state index in [2.05, 4.69) is 39.9 Å². The fraction of sp³-hybridized carbons (Fsp3) is 0.889. The van der Waals surface area contributed by atoms with Crippen LogP contribution in [0.25, 0.3) is 0 Å². The second kappa shape index (κ2) is 8.04. The Balaban J connectivity index is 1.50. The van der Waals surface area contributed by atoms with Crippen molar-refractivity contribution >= 4 is 5.91 Å². The highest BCUT2D eigenvalue weighted by atomic mass is 16.1. The maximum Gasteiger partial charge on any atom is 0.243 e. The van der Waals surface area contributed by atoms with Crippen LogP contribution in [0.4, 0.5) is 0 Å². The number of hydrogen-bond donors (Lipinski definition) is 1. The Labute approximate surface area is 179 Å². The van der Waals surface area contributed by atoms with Crippen LogP contribution in [0.15, 0.2) is 11.6 Å². The van der Waals surface area contributed by atoms with Crippen molar-refractivity contribution in [2.24, 2.45) is 46.3 Å². The van der Waals surface area contributed by atoms with Crippen molar-refractivity contribution in [3.63, 3.8) is 0 Å². The molecule has 0 bridgehead atoms. The first-order valence-corrected chi connectivity index (χ1v) is 12.7. The van der Waals surface area contributed by atoms with Crippen LogP contribution in [0.3, 0.4) is 0 Å². The normalized spacial score (nSPS) is 43.0. The molecule has 2 heteroatoms. The summed E-state index contributed by atoms with van der Waals surface area (Å²) in [6, 6.07) is 0. The van der Waals surface area contributed by atoms with Crippen molar-refractivity contribution in [3.05, 3.63) is 11.6 Å². The average molecular weight is 400 g/mol. The van der Waals surface area contributed by atoms with Crippen molar-refractivity contribution in [1.82, 2.24) is 5.32 Å². The highest BCUT2D eigenvalue weighted by Gasteiger charge is 2.59. The first-order chi connectivity index (χ1) is 13.8. The van der Waals surface area contributed by atoms with Crippen molar-refractivity contribution in [1.29, 1.82) is 0 Å². The van der Waals surface area contributed by atoms with E-state index in [1.807, 2.05) is 6.08 Å². The Morgan fingerprint density at radius 3 is 2.59 bits per heavy atom. The first kappa shape index (κ1) is 21.4. The van der Waals surface area contributed by atoms with Crippen molar-refractivity contribution in [3.8, 4) is 0 Å². The molecule has 1 amide bonds. The van der Waals surface area contributed by atoms with Gasteiger partial charge in [0.25, 0.3) is 0 Å². The molecule has 0 aromatic heterocycles. The van der Waals surface area contributed by atoms with Gasteiger partial charge in [0.15, 0.2) is 0 Å². The smallest absolute Gasteiger partial charge is 0.243 e. The molecule has 0 radical (unpaired) electrons. The minimum Gasteiger partial charge on any atom is -0.353 e. The van der Waals surface area contributed by atoms with Gasteiger partial charge in [-0.25, -0.2) is 0 Å². The molecule has 3 fully saturated rings. The molecule has 3 saturated carbocycles. The summed E-state index contributed by atoms with van der Waals surface area (Å²) in [5, 5.41) is 3.11. The van der Waals surface area contributed by atoms with Crippen molar-refractivity contribution in [2.75, 3.05) is 6.54 Å². The topological polar surface area (TPSA) is 29.1 Å². The molecule has 164 valence electrons. The van der Waals surface area contributed by atoms with Gasteiger partial charge in [-0.15, -0.1) is 0 Å². The van der Waals surface area contributed by atoms with E-state index in [0.717, 1.165) is 54.9 Å². The fourth-order valence-electron chi connectivity index (χ4n) is 8.59. The van der Waals surface area contributed by atoms with E-state index >= 15 is 0 Å². The van der Waals surface area contributed by atoms with Crippen molar-refractivity contribution in [2.45, 2.75) is 98.8 Å². The average Bonchev–Trinajstić information content (AvgIpc) is 2.92. The standard InChI is InChI=1S/C27H45NO/c1-18(2)7-6-8-19(3)22-11-12-23-21-10-9-20-17-25(29)28-16-15-26(20,4)24(21)13-14-27(22,23)5/h17-19,21-24H,6-16H2,1-5H3,(H,28,29)/t19-,21?,22-,23?,24?,26+,27-/m1/s1. The van der Waals surface area contributed by atoms with E-state index in [-0.39, 0.29) is 11.3 Å². The number of carbonyl (C=O) groups is 1. The van der Waals surface area contributed by atoms with Crippen LogP contribution in [-0.2, 0) is 4.79 Å². The highest BCUT2D eigenvalue weighted by molar-refractivity contribution is 5.88. The lowest BCUT2D eigenvalue weighted by Crippen LogP contribution is -2.50. The summed E-state index contributed by atoms with van der Waals surface area (Å²) >= 11 is 0. The third-order valence-corrected chi connectivity index (χ3v) is 10.2. The van der Waals surface area contributed by atoms with Gasteiger partial charge in [-0.1, -0.05) is 59.5 Å².